The first-order valence-corrected chi connectivity index (χ1v) is 13.0. The van der Waals surface area contributed by atoms with Crippen molar-refractivity contribution in [2.24, 2.45) is 11.8 Å². The molecule has 1 aliphatic carbocycles. The highest BCUT2D eigenvalue weighted by Gasteiger charge is 2.50. The van der Waals surface area contributed by atoms with Gasteiger partial charge in [-0.05, 0) is 73.2 Å². The van der Waals surface area contributed by atoms with Gasteiger partial charge in [0.1, 0.15) is 0 Å². The molecule has 0 bridgehead atoms. The zero-order valence-electron chi connectivity index (χ0n) is 19.9. The summed E-state index contributed by atoms with van der Waals surface area (Å²) in [4.78, 5) is 52.6. The molecule has 7 nitrogen and oxygen atoms in total. The molecule has 1 aliphatic heterocycles. The molecule has 8 heteroatoms. The number of anilines is 2. The van der Waals surface area contributed by atoms with Gasteiger partial charge in [0.25, 0.3) is 5.91 Å². The molecular weight excluding hydrogens is 536 g/mol. The Morgan fingerprint density at radius 1 is 0.892 bits per heavy atom. The summed E-state index contributed by atoms with van der Waals surface area (Å²) in [7, 11) is 0. The van der Waals surface area contributed by atoms with Gasteiger partial charge in [-0.2, -0.15) is 0 Å². The zero-order valence-corrected chi connectivity index (χ0v) is 21.5. The summed E-state index contributed by atoms with van der Waals surface area (Å²) in [5, 5.41) is 2.65. The van der Waals surface area contributed by atoms with Crippen LogP contribution in [0.2, 0.25) is 0 Å². The zero-order chi connectivity index (χ0) is 25.9. The van der Waals surface area contributed by atoms with Gasteiger partial charge in [-0.3, -0.25) is 19.3 Å². The third kappa shape index (κ3) is 5.34. The van der Waals surface area contributed by atoms with Gasteiger partial charge in [0.15, 0.2) is 6.61 Å². The van der Waals surface area contributed by atoms with Crippen molar-refractivity contribution in [3.8, 4) is 0 Å². The number of fused-ring (bicyclic) bond motifs is 1. The number of ether oxygens (including phenoxy) is 1. The Kier molecular flexibility index (Phi) is 7.19. The highest BCUT2D eigenvalue weighted by molar-refractivity contribution is 9.10. The van der Waals surface area contributed by atoms with Crippen LogP contribution in [0.4, 0.5) is 11.4 Å². The molecule has 3 amide bonds. The van der Waals surface area contributed by atoms with Gasteiger partial charge in [0, 0.05) is 10.2 Å². The summed E-state index contributed by atoms with van der Waals surface area (Å²) in [6.45, 7) is -0.467. The molecule has 3 aromatic carbocycles. The average molecular weight is 561 g/mol. The maximum absolute atomic E-state index is 13.4. The molecule has 2 aliphatic rings. The first-order valence-electron chi connectivity index (χ1n) is 12.2. The number of carbonyl (C=O) groups is 4. The van der Waals surface area contributed by atoms with E-state index in [4.69, 9.17) is 4.74 Å². The second-order valence-corrected chi connectivity index (χ2v) is 10.2. The smallest absolute Gasteiger partial charge is 0.338 e. The lowest BCUT2D eigenvalue weighted by Crippen LogP contribution is -2.31. The van der Waals surface area contributed by atoms with Crippen molar-refractivity contribution in [2.75, 3.05) is 16.8 Å². The Bertz CT molecular complexity index is 1340. The van der Waals surface area contributed by atoms with Crippen molar-refractivity contribution >= 4 is 51.0 Å². The van der Waals surface area contributed by atoms with E-state index in [2.05, 4.69) is 33.4 Å². The molecule has 0 unspecified atom stereocenters. The fraction of sp³-hybridized carbons (Fsp3) is 0.241. The van der Waals surface area contributed by atoms with E-state index in [-0.39, 0.29) is 35.1 Å². The summed E-state index contributed by atoms with van der Waals surface area (Å²) in [5.41, 5.74) is 2.27. The van der Waals surface area contributed by atoms with Gasteiger partial charge in [0.05, 0.1) is 23.1 Å². The molecule has 1 heterocycles. The minimum Gasteiger partial charge on any atom is -0.452 e. The van der Waals surface area contributed by atoms with Gasteiger partial charge in [-0.25, -0.2) is 4.79 Å². The molecule has 1 saturated heterocycles. The first kappa shape index (κ1) is 24.9. The Morgan fingerprint density at radius 3 is 2.38 bits per heavy atom. The number of nitrogens with zero attached hydrogens (tertiary/aromatic N) is 1. The van der Waals surface area contributed by atoms with E-state index in [1.807, 2.05) is 18.2 Å². The fourth-order valence-corrected chi connectivity index (χ4v) is 5.44. The minimum atomic E-state index is -0.714. The van der Waals surface area contributed by atoms with Crippen LogP contribution in [0.5, 0.6) is 0 Å². The second-order valence-electron chi connectivity index (χ2n) is 9.33. The predicted octanol–water partition coefficient (Wildman–Crippen LogP) is 5.32. The van der Waals surface area contributed by atoms with E-state index in [1.165, 1.54) is 22.6 Å². The van der Waals surface area contributed by atoms with E-state index >= 15 is 0 Å². The Hall–Kier alpha value is -3.78. The first-order chi connectivity index (χ1) is 17.9. The SMILES string of the molecule is O=C(COC(=O)c1cccc(N2C(=O)[C@H]3C[C@H](c4ccccc4)CC[C@H]3C2=O)c1)Nc1ccc(Br)cc1. The number of carbonyl (C=O) groups excluding carboxylic acids is 4. The lowest BCUT2D eigenvalue weighted by atomic mass is 9.73. The van der Waals surface area contributed by atoms with E-state index in [0.29, 0.717) is 24.2 Å². The molecule has 1 N–H and O–H groups in total. The number of halogens is 1. The average Bonchev–Trinajstić information content (AvgIpc) is 3.18. The topological polar surface area (TPSA) is 92.8 Å². The summed E-state index contributed by atoms with van der Waals surface area (Å²) in [6, 6.07) is 23.3. The summed E-state index contributed by atoms with van der Waals surface area (Å²) in [5.74, 6) is -2.11. The van der Waals surface area contributed by atoms with Crippen molar-refractivity contribution in [3.63, 3.8) is 0 Å². The van der Waals surface area contributed by atoms with E-state index in [0.717, 1.165) is 10.9 Å². The molecule has 0 radical (unpaired) electrons. The van der Waals surface area contributed by atoms with Gasteiger partial charge in [-0.15, -0.1) is 0 Å². The molecule has 37 heavy (non-hydrogen) atoms. The second kappa shape index (κ2) is 10.7. The van der Waals surface area contributed by atoms with E-state index in [1.54, 1.807) is 36.4 Å². The van der Waals surface area contributed by atoms with Gasteiger partial charge >= 0.3 is 5.97 Å². The molecule has 1 saturated carbocycles. The maximum Gasteiger partial charge on any atom is 0.338 e. The highest BCUT2D eigenvalue weighted by atomic mass is 79.9. The van der Waals surface area contributed by atoms with Crippen molar-refractivity contribution in [1.82, 2.24) is 0 Å². The van der Waals surface area contributed by atoms with Crippen LogP contribution in [-0.2, 0) is 19.1 Å². The Balaban J connectivity index is 1.24. The summed E-state index contributed by atoms with van der Waals surface area (Å²) < 4.78 is 6.04. The largest absolute Gasteiger partial charge is 0.452 e. The maximum atomic E-state index is 13.4. The number of nitrogens with one attached hydrogen (secondary N) is 1. The van der Waals surface area contributed by atoms with Crippen LogP contribution in [0.15, 0.2) is 83.3 Å². The van der Waals surface area contributed by atoms with Crippen LogP contribution in [0.1, 0.15) is 41.1 Å². The van der Waals surface area contributed by atoms with Gasteiger partial charge < -0.3 is 10.1 Å². The van der Waals surface area contributed by atoms with Crippen molar-refractivity contribution in [1.29, 1.82) is 0 Å². The molecule has 3 aromatic rings. The third-order valence-electron chi connectivity index (χ3n) is 7.00. The number of rotatable bonds is 6. The molecule has 3 atom stereocenters. The van der Waals surface area contributed by atoms with Crippen molar-refractivity contribution in [3.05, 3.63) is 94.5 Å². The van der Waals surface area contributed by atoms with E-state index < -0.39 is 18.5 Å². The summed E-state index contributed by atoms with van der Waals surface area (Å²) >= 11 is 3.33. The lowest BCUT2D eigenvalue weighted by molar-refractivity contribution is -0.122. The van der Waals surface area contributed by atoms with Crippen LogP contribution in [0.3, 0.4) is 0 Å². The van der Waals surface area contributed by atoms with Crippen LogP contribution >= 0.6 is 15.9 Å². The highest BCUT2D eigenvalue weighted by Crippen LogP contribution is 2.45. The quantitative estimate of drug-likeness (QED) is 0.325. The fourth-order valence-electron chi connectivity index (χ4n) is 5.18. The Morgan fingerprint density at radius 2 is 1.62 bits per heavy atom. The van der Waals surface area contributed by atoms with Crippen LogP contribution in [0, 0.1) is 11.8 Å². The monoisotopic (exact) mass is 560 g/mol. The predicted molar refractivity (Wildman–Crippen MR) is 142 cm³/mol. The molecule has 188 valence electrons. The van der Waals surface area contributed by atoms with Gasteiger partial charge in [-0.1, -0.05) is 52.3 Å². The molecule has 5 rings (SSSR count). The lowest BCUT2D eigenvalue weighted by Gasteiger charge is -2.28. The molecule has 2 fully saturated rings. The normalized spacial score (nSPS) is 20.9. The van der Waals surface area contributed by atoms with Crippen LogP contribution in [0.25, 0.3) is 0 Å². The molecule has 0 aromatic heterocycles. The third-order valence-corrected chi connectivity index (χ3v) is 7.53. The van der Waals surface area contributed by atoms with E-state index in [9.17, 15) is 19.2 Å². The molecule has 0 spiro atoms. The van der Waals surface area contributed by atoms with Crippen molar-refractivity contribution < 1.29 is 23.9 Å². The number of amides is 3. The molecular formula is C29H25BrN2O5. The van der Waals surface area contributed by atoms with Crippen molar-refractivity contribution in [2.45, 2.75) is 25.2 Å². The number of imide groups is 1. The van der Waals surface area contributed by atoms with Crippen LogP contribution in [-0.4, -0.2) is 30.3 Å². The number of hydrogen-bond donors (Lipinski definition) is 1. The standard InChI is InChI=1S/C29H25BrN2O5/c30-21-10-12-22(13-11-21)31-26(33)17-37-29(36)20-7-4-8-23(15-20)32-27(34)24-14-9-19(16-25(24)28(32)35)18-5-2-1-3-6-18/h1-8,10-13,15,19,24-25H,9,14,16-17H2,(H,31,33)/t19-,24-,25+/m1/s1. The van der Waals surface area contributed by atoms with Gasteiger partial charge in [0.2, 0.25) is 11.8 Å². The number of benzene rings is 3. The minimum absolute atomic E-state index is 0.159. The number of esters is 1. The number of hydrogen-bond acceptors (Lipinski definition) is 5. The Labute approximate surface area is 222 Å². The van der Waals surface area contributed by atoms with Crippen LogP contribution < -0.4 is 10.2 Å². The summed E-state index contributed by atoms with van der Waals surface area (Å²) in [6.07, 6.45) is 2.14.